The average molecular weight is 248 g/mol. The number of nitrogens with one attached hydrogen (secondary N) is 2. The number of urea groups is 1. The van der Waals surface area contributed by atoms with Gasteiger partial charge in [0.05, 0.1) is 0 Å². The summed E-state index contributed by atoms with van der Waals surface area (Å²) in [6.45, 7) is 2.99. The highest BCUT2D eigenvalue weighted by atomic mass is 16.5. The Morgan fingerprint density at radius 1 is 1.28 bits per heavy atom. The molecule has 1 fully saturated rings. The van der Waals surface area contributed by atoms with E-state index >= 15 is 0 Å². The first-order chi connectivity index (χ1) is 8.84. The van der Waals surface area contributed by atoms with Gasteiger partial charge in [-0.1, -0.05) is 30.3 Å². The van der Waals surface area contributed by atoms with Crippen molar-refractivity contribution in [1.29, 1.82) is 0 Å². The molecule has 1 aliphatic heterocycles. The largest absolute Gasteiger partial charge is 0.381 e. The highest BCUT2D eigenvalue weighted by Crippen LogP contribution is 2.14. The fraction of sp³-hybridized carbons (Fsp3) is 0.500. The fourth-order valence-corrected chi connectivity index (χ4v) is 2.04. The second-order valence-electron chi connectivity index (χ2n) is 4.61. The van der Waals surface area contributed by atoms with Crippen molar-refractivity contribution in [2.45, 2.75) is 19.4 Å². The first-order valence-electron chi connectivity index (χ1n) is 6.48. The predicted molar refractivity (Wildman–Crippen MR) is 70.2 cm³/mol. The van der Waals surface area contributed by atoms with Crippen molar-refractivity contribution in [3.05, 3.63) is 35.9 Å². The number of amides is 2. The van der Waals surface area contributed by atoms with Gasteiger partial charge in [-0.3, -0.25) is 0 Å². The number of ether oxygens (including phenoxy) is 1. The van der Waals surface area contributed by atoms with E-state index in [1.165, 1.54) is 0 Å². The van der Waals surface area contributed by atoms with Crippen LogP contribution in [-0.4, -0.2) is 25.8 Å². The Kier molecular flexibility index (Phi) is 5.02. The second kappa shape index (κ2) is 7.01. The summed E-state index contributed by atoms with van der Waals surface area (Å²) >= 11 is 0. The molecule has 18 heavy (non-hydrogen) atoms. The summed E-state index contributed by atoms with van der Waals surface area (Å²) in [5.74, 6) is 0.611. The molecule has 4 heteroatoms. The van der Waals surface area contributed by atoms with Gasteiger partial charge < -0.3 is 15.4 Å². The molecule has 1 aromatic carbocycles. The second-order valence-corrected chi connectivity index (χ2v) is 4.61. The van der Waals surface area contributed by atoms with Crippen LogP contribution in [0.3, 0.4) is 0 Å². The summed E-state index contributed by atoms with van der Waals surface area (Å²) in [5.41, 5.74) is 1.11. The van der Waals surface area contributed by atoms with Gasteiger partial charge in [0.2, 0.25) is 0 Å². The van der Waals surface area contributed by atoms with Crippen molar-refractivity contribution in [3.63, 3.8) is 0 Å². The first-order valence-corrected chi connectivity index (χ1v) is 6.48. The molecule has 1 aromatic rings. The molecule has 0 bridgehead atoms. The lowest BCUT2D eigenvalue weighted by Crippen LogP contribution is -2.36. The molecule has 2 N–H and O–H groups in total. The Bertz CT molecular complexity index is 361. The number of benzene rings is 1. The first kappa shape index (κ1) is 12.9. The maximum atomic E-state index is 11.5. The summed E-state index contributed by atoms with van der Waals surface area (Å²) in [7, 11) is 0. The van der Waals surface area contributed by atoms with Crippen molar-refractivity contribution in [2.24, 2.45) is 5.92 Å². The smallest absolute Gasteiger partial charge is 0.315 e. The molecule has 0 saturated carbocycles. The molecule has 1 aliphatic rings. The van der Waals surface area contributed by atoms with Crippen molar-refractivity contribution in [1.82, 2.24) is 10.6 Å². The Balaban J connectivity index is 1.57. The summed E-state index contributed by atoms with van der Waals surface area (Å²) in [4.78, 5) is 11.5. The number of hydrogen-bond acceptors (Lipinski definition) is 2. The lowest BCUT2D eigenvalue weighted by Gasteiger charge is -2.10. The zero-order valence-electron chi connectivity index (χ0n) is 10.5. The van der Waals surface area contributed by atoms with E-state index in [1.807, 2.05) is 30.3 Å². The van der Waals surface area contributed by atoms with Crippen LogP contribution in [0.25, 0.3) is 0 Å². The van der Waals surface area contributed by atoms with Gasteiger partial charge in [-0.2, -0.15) is 0 Å². The van der Waals surface area contributed by atoms with Gasteiger partial charge in [-0.05, 0) is 24.3 Å². The fourth-order valence-electron chi connectivity index (χ4n) is 2.04. The molecule has 98 valence electrons. The molecule has 0 radical (unpaired) electrons. The van der Waals surface area contributed by atoms with E-state index in [2.05, 4.69) is 10.6 Å². The van der Waals surface area contributed by atoms with Crippen LogP contribution in [-0.2, 0) is 11.3 Å². The Morgan fingerprint density at radius 2 is 2.11 bits per heavy atom. The summed E-state index contributed by atoms with van der Waals surface area (Å²) in [5, 5.41) is 5.72. The van der Waals surface area contributed by atoms with Crippen LogP contribution in [0.5, 0.6) is 0 Å². The quantitative estimate of drug-likeness (QED) is 0.836. The minimum absolute atomic E-state index is 0.0993. The van der Waals surface area contributed by atoms with Gasteiger partial charge in [0.25, 0.3) is 0 Å². The standard InChI is InChI=1S/C14H20N2O2/c17-14(15-8-6-13-7-9-18-11-13)16-10-12-4-2-1-3-5-12/h1-5,13H,6-11H2,(H2,15,16,17). The predicted octanol–water partition coefficient (Wildman–Crippen LogP) is 1.91. The Labute approximate surface area is 108 Å². The normalized spacial score (nSPS) is 18.6. The molecule has 1 atom stereocenters. The monoisotopic (exact) mass is 248 g/mol. The van der Waals surface area contributed by atoms with Crippen LogP contribution in [0.2, 0.25) is 0 Å². The minimum atomic E-state index is -0.0993. The number of rotatable bonds is 5. The molecule has 1 unspecified atom stereocenters. The van der Waals surface area contributed by atoms with Crippen LogP contribution >= 0.6 is 0 Å². The van der Waals surface area contributed by atoms with Gasteiger partial charge in [0, 0.05) is 26.3 Å². The molecule has 0 spiro atoms. The molecular formula is C14H20N2O2. The van der Waals surface area contributed by atoms with Crippen LogP contribution < -0.4 is 10.6 Å². The van der Waals surface area contributed by atoms with Crippen LogP contribution in [0.1, 0.15) is 18.4 Å². The van der Waals surface area contributed by atoms with E-state index in [1.54, 1.807) is 0 Å². The highest BCUT2D eigenvalue weighted by Gasteiger charge is 2.15. The topological polar surface area (TPSA) is 50.4 Å². The van der Waals surface area contributed by atoms with Gasteiger partial charge in [0.15, 0.2) is 0 Å². The molecular weight excluding hydrogens is 228 g/mol. The minimum Gasteiger partial charge on any atom is -0.381 e. The van der Waals surface area contributed by atoms with E-state index in [0.717, 1.165) is 31.6 Å². The highest BCUT2D eigenvalue weighted by molar-refractivity contribution is 5.73. The maximum absolute atomic E-state index is 11.5. The summed E-state index contributed by atoms with van der Waals surface area (Å²) < 4.78 is 5.29. The van der Waals surface area contributed by atoms with Crippen molar-refractivity contribution >= 4 is 6.03 Å². The molecule has 1 heterocycles. The van der Waals surface area contributed by atoms with Crippen molar-refractivity contribution in [3.8, 4) is 0 Å². The van der Waals surface area contributed by atoms with Crippen LogP contribution in [0.4, 0.5) is 4.79 Å². The van der Waals surface area contributed by atoms with E-state index < -0.39 is 0 Å². The molecule has 1 saturated heterocycles. The molecule has 4 nitrogen and oxygen atoms in total. The number of hydrogen-bond donors (Lipinski definition) is 2. The van der Waals surface area contributed by atoms with Crippen molar-refractivity contribution < 1.29 is 9.53 Å². The zero-order chi connectivity index (χ0) is 12.6. The average Bonchev–Trinajstić information content (AvgIpc) is 2.91. The third-order valence-electron chi connectivity index (χ3n) is 3.16. The van der Waals surface area contributed by atoms with Gasteiger partial charge in [0.1, 0.15) is 0 Å². The summed E-state index contributed by atoms with van der Waals surface area (Å²) in [6, 6.07) is 9.79. The molecule has 2 amide bonds. The lowest BCUT2D eigenvalue weighted by molar-refractivity contribution is 0.184. The third-order valence-corrected chi connectivity index (χ3v) is 3.16. The molecule has 2 rings (SSSR count). The number of carbonyl (C=O) groups excluding carboxylic acids is 1. The Hall–Kier alpha value is -1.55. The zero-order valence-corrected chi connectivity index (χ0v) is 10.5. The van der Waals surface area contributed by atoms with Gasteiger partial charge in [-0.15, -0.1) is 0 Å². The Morgan fingerprint density at radius 3 is 2.83 bits per heavy atom. The van der Waals surface area contributed by atoms with E-state index in [9.17, 15) is 4.79 Å². The van der Waals surface area contributed by atoms with E-state index in [4.69, 9.17) is 4.74 Å². The lowest BCUT2D eigenvalue weighted by atomic mass is 10.1. The third kappa shape index (κ3) is 4.37. The van der Waals surface area contributed by atoms with Crippen molar-refractivity contribution in [2.75, 3.05) is 19.8 Å². The SMILES string of the molecule is O=C(NCCC1CCOC1)NCc1ccccc1. The molecule has 0 aromatic heterocycles. The van der Waals surface area contributed by atoms with E-state index in [-0.39, 0.29) is 6.03 Å². The van der Waals surface area contributed by atoms with Gasteiger partial charge >= 0.3 is 6.03 Å². The van der Waals surface area contributed by atoms with Crippen LogP contribution in [0.15, 0.2) is 30.3 Å². The van der Waals surface area contributed by atoms with E-state index in [0.29, 0.717) is 19.0 Å². The van der Waals surface area contributed by atoms with Gasteiger partial charge in [-0.25, -0.2) is 4.79 Å². The number of carbonyl (C=O) groups is 1. The molecule has 0 aliphatic carbocycles. The maximum Gasteiger partial charge on any atom is 0.315 e. The van der Waals surface area contributed by atoms with Crippen LogP contribution in [0, 0.1) is 5.92 Å². The summed E-state index contributed by atoms with van der Waals surface area (Å²) in [6.07, 6.45) is 2.12.